The molecule has 0 bridgehead atoms. The molecule has 1 heterocycles. The van der Waals surface area contributed by atoms with Crippen LogP contribution in [0.4, 0.5) is 0 Å². The maximum Gasteiger partial charge on any atom is 0.143 e. The Balaban J connectivity index is 2.02. The maximum atomic E-state index is 12.1. The fourth-order valence-corrected chi connectivity index (χ4v) is 2.86. The molecule has 0 aliphatic heterocycles. The van der Waals surface area contributed by atoms with E-state index in [2.05, 4.69) is 12.1 Å². The highest BCUT2D eigenvalue weighted by molar-refractivity contribution is 5.88. The van der Waals surface area contributed by atoms with Gasteiger partial charge in [0.05, 0.1) is 5.92 Å². The molecule has 0 radical (unpaired) electrons. The second kappa shape index (κ2) is 4.60. The molecule has 1 fully saturated rings. The number of para-hydroxylation sites is 1. The molecule has 1 unspecified atom stereocenters. The van der Waals surface area contributed by atoms with Gasteiger partial charge in [-0.15, -0.1) is 0 Å². The Hall–Kier alpha value is -1.57. The van der Waals surface area contributed by atoms with Gasteiger partial charge in [-0.25, -0.2) is 0 Å². The van der Waals surface area contributed by atoms with Crippen LogP contribution >= 0.6 is 0 Å². The first-order valence-electron chi connectivity index (χ1n) is 6.77. The van der Waals surface area contributed by atoms with Gasteiger partial charge in [-0.1, -0.05) is 31.0 Å². The van der Waals surface area contributed by atoms with Gasteiger partial charge >= 0.3 is 0 Å². The largest absolute Gasteiger partial charge is 0.460 e. The monoisotopic (exact) mass is 242 g/mol. The van der Waals surface area contributed by atoms with Crippen LogP contribution < -0.4 is 0 Å². The van der Waals surface area contributed by atoms with E-state index in [-0.39, 0.29) is 5.92 Å². The van der Waals surface area contributed by atoms with Crippen molar-refractivity contribution in [1.82, 2.24) is 0 Å². The van der Waals surface area contributed by atoms with E-state index in [1.807, 2.05) is 19.1 Å². The lowest BCUT2D eigenvalue weighted by molar-refractivity contribution is -0.120. The second-order valence-electron chi connectivity index (χ2n) is 5.26. The summed E-state index contributed by atoms with van der Waals surface area (Å²) < 4.78 is 5.94. The van der Waals surface area contributed by atoms with Crippen molar-refractivity contribution >= 4 is 16.8 Å². The number of benzene rings is 1. The zero-order chi connectivity index (χ0) is 12.5. The Kier molecular flexibility index (Phi) is 2.94. The lowest BCUT2D eigenvalue weighted by atomic mass is 9.96. The van der Waals surface area contributed by atoms with E-state index in [4.69, 9.17) is 4.42 Å². The Morgan fingerprint density at radius 1 is 1.22 bits per heavy atom. The molecule has 1 atom stereocenters. The highest BCUT2D eigenvalue weighted by atomic mass is 16.3. The summed E-state index contributed by atoms with van der Waals surface area (Å²) in [7, 11) is 0. The molecule has 2 nitrogen and oxygen atoms in total. The topological polar surface area (TPSA) is 30.2 Å². The number of hydrogen-bond acceptors (Lipinski definition) is 2. The van der Waals surface area contributed by atoms with E-state index in [0.717, 1.165) is 41.6 Å². The number of aryl methyl sites for hydroxylation is 1. The smallest absolute Gasteiger partial charge is 0.143 e. The molecule has 0 saturated heterocycles. The molecule has 0 amide bonds. The van der Waals surface area contributed by atoms with Crippen molar-refractivity contribution in [3.8, 4) is 0 Å². The van der Waals surface area contributed by atoms with Gasteiger partial charge in [-0.2, -0.15) is 0 Å². The van der Waals surface area contributed by atoms with Crippen LogP contribution in [0.1, 0.15) is 49.3 Å². The summed E-state index contributed by atoms with van der Waals surface area (Å²) >= 11 is 0. The van der Waals surface area contributed by atoms with E-state index in [1.165, 1.54) is 6.42 Å². The lowest BCUT2D eigenvalue weighted by Crippen LogP contribution is -2.09. The molecule has 0 N–H and O–H groups in total. The van der Waals surface area contributed by atoms with Crippen molar-refractivity contribution in [2.75, 3.05) is 0 Å². The third-order valence-electron chi connectivity index (χ3n) is 3.91. The average molecular weight is 242 g/mol. The highest BCUT2D eigenvalue weighted by Crippen LogP contribution is 2.33. The summed E-state index contributed by atoms with van der Waals surface area (Å²) in [4.78, 5) is 12.1. The minimum absolute atomic E-state index is 0.0145. The minimum atomic E-state index is -0.0145. The van der Waals surface area contributed by atoms with Crippen molar-refractivity contribution in [3.05, 3.63) is 35.6 Å². The first kappa shape index (κ1) is 11.5. The first-order chi connectivity index (χ1) is 8.75. The number of carbonyl (C=O) groups excluding carboxylic acids is 1. The molecule has 18 heavy (non-hydrogen) atoms. The van der Waals surface area contributed by atoms with Crippen molar-refractivity contribution in [2.24, 2.45) is 0 Å². The number of carbonyl (C=O) groups is 1. The average Bonchev–Trinajstić information content (AvgIpc) is 2.67. The maximum absolute atomic E-state index is 12.1. The Morgan fingerprint density at radius 2 is 2.11 bits per heavy atom. The molecular formula is C16H18O2. The summed E-state index contributed by atoms with van der Waals surface area (Å²) in [6.07, 6.45) is 4.99. The third kappa shape index (κ3) is 1.96. The molecular weight excluding hydrogens is 224 g/mol. The Morgan fingerprint density at radius 3 is 2.94 bits per heavy atom. The summed E-state index contributed by atoms with van der Waals surface area (Å²) in [6.45, 7) is 2.05. The van der Waals surface area contributed by atoms with Gasteiger partial charge in [0, 0.05) is 11.8 Å². The zero-order valence-corrected chi connectivity index (χ0v) is 10.7. The van der Waals surface area contributed by atoms with Crippen LogP contribution in [0.5, 0.6) is 0 Å². The molecule has 1 aromatic carbocycles. The van der Waals surface area contributed by atoms with E-state index in [1.54, 1.807) is 0 Å². The van der Waals surface area contributed by atoms with Crippen LogP contribution in [0.15, 0.2) is 28.7 Å². The van der Waals surface area contributed by atoms with Crippen LogP contribution in [-0.2, 0) is 4.79 Å². The number of Topliss-reactive ketones (excluding diaryl/α,β-unsaturated/α-hetero) is 1. The van der Waals surface area contributed by atoms with Crippen molar-refractivity contribution in [3.63, 3.8) is 0 Å². The molecule has 0 spiro atoms. The van der Waals surface area contributed by atoms with Gasteiger partial charge in [0.1, 0.15) is 17.1 Å². The standard InChI is InChI=1S/C16H18O2/c1-11-6-5-7-12-10-15(18-16(11)12)13-8-3-2-4-9-14(13)17/h5-7,10,13H,2-4,8-9H2,1H3. The predicted molar refractivity (Wildman–Crippen MR) is 71.8 cm³/mol. The number of hydrogen-bond donors (Lipinski definition) is 0. The van der Waals surface area contributed by atoms with Crippen molar-refractivity contribution in [1.29, 1.82) is 0 Å². The molecule has 2 heteroatoms. The van der Waals surface area contributed by atoms with Crippen LogP contribution in [0, 0.1) is 6.92 Å². The molecule has 1 aliphatic carbocycles. The second-order valence-corrected chi connectivity index (χ2v) is 5.26. The molecule has 1 aliphatic rings. The van der Waals surface area contributed by atoms with Crippen LogP contribution in [-0.4, -0.2) is 5.78 Å². The highest BCUT2D eigenvalue weighted by Gasteiger charge is 2.25. The number of fused-ring (bicyclic) bond motifs is 1. The van der Waals surface area contributed by atoms with Crippen LogP contribution in [0.3, 0.4) is 0 Å². The van der Waals surface area contributed by atoms with Crippen LogP contribution in [0.2, 0.25) is 0 Å². The van der Waals surface area contributed by atoms with Crippen LogP contribution in [0.25, 0.3) is 11.0 Å². The van der Waals surface area contributed by atoms with Gasteiger partial charge in [0.15, 0.2) is 0 Å². The van der Waals surface area contributed by atoms with Gasteiger partial charge in [-0.3, -0.25) is 4.79 Å². The predicted octanol–water partition coefficient (Wildman–Crippen LogP) is 4.36. The van der Waals surface area contributed by atoms with E-state index in [0.29, 0.717) is 12.2 Å². The van der Waals surface area contributed by atoms with Crippen molar-refractivity contribution in [2.45, 2.75) is 44.9 Å². The van der Waals surface area contributed by atoms with Gasteiger partial charge in [0.2, 0.25) is 0 Å². The lowest BCUT2D eigenvalue weighted by Gasteiger charge is -2.08. The van der Waals surface area contributed by atoms with E-state index in [9.17, 15) is 4.79 Å². The summed E-state index contributed by atoms with van der Waals surface area (Å²) in [5.74, 6) is 1.20. The fourth-order valence-electron chi connectivity index (χ4n) is 2.86. The number of furan rings is 1. The third-order valence-corrected chi connectivity index (χ3v) is 3.91. The van der Waals surface area contributed by atoms with E-state index < -0.39 is 0 Å². The van der Waals surface area contributed by atoms with Gasteiger partial charge in [0.25, 0.3) is 0 Å². The van der Waals surface area contributed by atoms with Crippen molar-refractivity contribution < 1.29 is 9.21 Å². The Bertz CT molecular complexity index is 580. The normalized spacial score (nSPS) is 21.2. The SMILES string of the molecule is Cc1cccc2cc(C3CCCCCC3=O)oc12. The molecule has 94 valence electrons. The quantitative estimate of drug-likeness (QED) is 0.695. The molecule has 1 aromatic heterocycles. The summed E-state index contributed by atoms with van der Waals surface area (Å²) in [5, 5.41) is 1.11. The molecule has 3 rings (SSSR count). The summed E-state index contributed by atoms with van der Waals surface area (Å²) in [5.41, 5.74) is 2.07. The molecule has 1 saturated carbocycles. The first-order valence-corrected chi connectivity index (χ1v) is 6.77. The van der Waals surface area contributed by atoms with E-state index >= 15 is 0 Å². The molecule has 2 aromatic rings. The Labute approximate surface area is 107 Å². The zero-order valence-electron chi connectivity index (χ0n) is 10.7. The van der Waals surface area contributed by atoms with Gasteiger partial charge < -0.3 is 4.42 Å². The van der Waals surface area contributed by atoms with Gasteiger partial charge in [-0.05, 0) is 31.4 Å². The number of rotatable bonds is 1. The fraction of sp³-hybridized carbons (Fsp3) is 0.438. The minimum Gasteiger partial charge on any atom is -0.460 e. The summed E-state index contributed by atoms with van der Waals surface area (Å²) in [6, 6.07) is 8.18. The number of ketones is 1.